The molecule has 4 nitrogen and oxygen atoms in total. The number of hydrogen-bond acceptors (Lipinski definition) is 4. The van der Waals surface area contributed by atoms with Crippen LogP contribution in [0.5, 0.6) is 0 Å². The van der Waals surface area contributed by atoms with Crippen LogP contribution in [0.1, 0.15) is 45.4 Å². The fourth-order valence-electron chi connectivity index (χ4n) is 1.57. The van der Waals surface area contributed by atoms with Crippen molar-refractivity contribution in [2.24, 2.45) is 22.9 Å². The summed E-state index contributed by atoms with van der Waals surface area (Å²) in [7, 11) is 0. The van der Waals surface area contributed by atoms with Crippen LogP contribution >= 0.6 is 0 Å². The standard InChI is InChI=1S/C11H28N4/c1-9(13)4-5-11(15)7-6-10(14)3-2-8-12/h9-11H,2-8,12-15H2,1H3. The van der Waals surface area contributed by atoms with Crippen molar-refractivity contribution in [1.29, 1.82) is 0 Å². The van der Waals surface area contributed by atoms with Crippen LogP contribution in [0.4, 0.5) is 0 Å². The maximum absolute atomic E-state index is 5.96. The first-order valence-electron chi connectivity index (χ1n) is 6.03. The second-order valence-corrected chi connectivity index (χ2v) is 4.58. The molecule has 0 bridgehead atoms. The lowest BCUT2D eigenvalue weighted by Gasteiger charge is -2.16. The predicted molar refractivity (Wildman–Crippen MR) is 66.4 cm³/mol. The van der Waals surface area contributed by atoms with Crippen LogP contribution in [-0.2, 0) is 0 Å². The topological polar surface area (TPSA) is 104 Å². The molecule has 0 aromatic rings. The van der Waals surface area contributed by atoms with E-state index in [0.717, 1.165) is 45.1 Å². The fraction of sp³-hybridized carbons (Fsp3) is 1.00. The van der Waals surface area contributed by atoms with Crippen LogP contribution in [-0.4, -0.2) is 24.7 Å². The lowest BCUT2D eigenvalue weighted by atomic mass is 9.99. The first-order valence-corrected chi connectivity index (χ1v) is 6.03. The predicted octanol–water partition coefficient (Wildman–Crippen LogP) is 0.288. The molecule has 3 unspecified atom stereocenters. The lowest BCUT2D eigenvalue weighted by Crippen LogP contribution is -2.28. The van der Waals surface area contributed by atoms with E-state index in [2.05, 4.69) is 0 Å². The minimum atomic E-state index is 0.250. The Morgan fingerprint density at radius 2 is 1.27 bits per heavy atom. The molecule has 0 radical (unpaired) electrons. The summed E-state index contributed by atoms with van der Waals surface area (Å²) in [6, 6.07) is 0.761. The van der Waals surface area contributed by atoms with Crippen molar-refractivity contribution in [3.63, 3.8) is 0 Å². The van der Waals surface area contributed by atoms with E-state index in [-0.39, 0.29) is 18.1 Å². The molecule has 92 valence electrons. The fourth-order valence-corrected chi connectivity index (χ4v) is 1.57. The van der Waals surface area contributed by atoms with Gasteiger partial charge in [-0.15, -0.1) is 0 Å². The maximum atomic E-state index is 5.96. The molecule has 0 amide bonds. The molecule has 4 heteroatoms. The Labute approximate surface area is 93.7 Å². The second kappa shape index (κ2) is 9.09. The third-order valence-electron chi connectivity index (χ3n) is 2.68. The molecule has 0 saturated carbocycles. The van der Waals surface area contributed by atoms with Crippen molar-refractivity contribution in [2.75, 3.05) is 6.54 Å². The third kappa shape index (κ3) is 10.1. The lowest BCUT2D eigenvalue weighted by molar-refractivity contribution is 0.456. The molecule has 15 heavy (non-hydrogen) atoms. The normalized spacial score (nSPS) is 17.4. The largest absolute Gasteiger partial charge is 0.330 e. The highest BCUT2D eigenvalue weighted by molar-refractivity contribution is 4.69. The second-order valence-electron chi connectivity index (χ2n) is 4.58. The van der Waals surface area contributed by atoms with Gasteiger partial charge in [-0.25, -0.2) is 0 Å². The molecule has 0 aliphatic rings. The van der Waals surface area contributed by atoms with Gasteiger partial charge in [-0.1, -0.05) is 0 Å². The van der Waals surface area contributed by atoms with E-state index in [1.807, 2.05) is 6.92 Å². The van der Waals surface area contributed by atoms with Gasteiger partial charge in [0.15, 0.2) is 0 Å². The molecule has 0 fully saturated rings. The molecule has 0 aliphatic heterocycles. The van der Waals surface area contributed by atoms with Gasteiger partial charge in [0.05, 0.1) is 0 Å². The van der Waals surface area contributed by atoms with Crippen LogP contribution < -0.4 is 22.9 Å². The summed E-state index contributed by atoms with van der Waals surface area (Å²) in [5.74, 6) is 0. The Hall–Kier alpha value is -0.160. The van der Waals surface area contributed by atoms with Crippen molar-refractivity contribution < 1.29 is 0 Å². The average molecular weight is 216 g/mol. The van der Waals surface area contributed by atoms with Crippen LogP contribution in [0.3, 0.4) is 0 Å². The average Bonchev–Trinajstić information content (AvgIpc) is 2.20. The zero-order valence-corrected chi connectivity index (χ0v) is 9.99. The van der Waals surface area contributed by atoms with Crippen molar-refractivity contribution in [3.8, 4) is 0 Å². The SMILES string of the molecule is CC(N)CCC(N)CCC(N)CCCN. The third-order valence-corrected chi connectivity index (χ3v) is 2.68. The summed E-state index contributed by atoms with van der Waals surface area (Å²) in [5, 5.41) is 0. The van der Waals surface area contributed by atoms with E-state index < -0.39 is 0 Å². The van der Waals surface area contributed by atoms with E-state index >= 15 is 0 Å². The molecule has 0 saturated heterocycles. The minimum absolute atomic E-state index is 0.250. The van der Waals surface area contributed by atoms with Gasteiger partial charge >= 0.3 is 0 Å². The van der Waals surface area contributed by atoms with Gasteiger partial charge in [-0.3, -0.25) is 0 Å². The monoisotopic (exact) mass is 216 g/mol. The molecule has 0 rings (SSSR count). The first kappa shape index (κ1) is 14.8. The summed E-state index contributed by atoms with van der Waals surface area (Å²) in [4.78, 5) is 0. The summed E-state index contributed by atoms with van der Waals surface area (Å²) in [6.07, 6.45) is 6.02. The van der Waals surface area contributed by atoms with Crippen molar-refractivity contribution in [1.82, 2.24) is 0 Å². The van der Waals surface area contributed by atoms with E-state index in [9.17, 15) is 0 Å². The quantitative estimate of drug-likeness (QED) is 0.444. The molecule has 0 heterocycles. The van der Waals surface area contributed by atoms with Gasteiger partial charge in [0.2, 0.25) is 0 Å². The molecule has 3 atom stereocenters. The molecule has 0 aromatic carbocycles. The Morgan fingerprint density at radius 1 is 0.800 bits per heavy atom. The van der Waals surface area contributed by atoms with Gasteiger partial charge in [0.25, 0.3) is 0 Å². The van der Waals surface area contributed by atoms with E-state index in [1.165, 1.54) is 0 Å². The molecule has 0 aromatic heterocycles. The molecule has 8 N–H and O–H groups in total. The Kier molecular flexibility index (Phi) is 9.00. The summed E-state index contributed by atoms with van der Waals surface area (Å²) in [5.41, 5.74) is 23.0. The highest BCUT2D eigenvalue weighted by Gasteiger charge is 2.07. The molecular formula is C11H28N4. The van der Waals surface area contributed by atoms with E-state index in [4.69, 9.17) is 22.9 Å². The van der Waals surface area contributed by atoms with Crippen molar-refractivity contribution >= 4 is 0 Å². The molecule has 0 aliphatic carbocycles. The summed E-state index contributed by atoms with van der Waals surface area (Å²) in [6.45, 7) is 2.74. The summed E-state index contributed by atoms with van der Waals surface area (Å²) < 4.78 is 0. The van der Waals surface area contributed by atoms with Crippen LogP contribution in [0, 0.1) is 0 Å². The Morgan fingerprint density at radius 3 is 1.73 bits per heavy atom. The first-order chi connectivity index (χ1) is 7.06. The van der Waals surface area contributed by atoms with E-state index in [1.54, 1.807) is 0 Å². The van der Waals surface area contributed by atoms with E-state index in [0.29, 0.717) is 0 Å². The van der Waals surface area contributed by atoms with Gasteiger partial charge < -0.3 is 22.9 Å². The highest BCUT2D eigenvalue weighted by atomic mass is 14.7. The number of rotatable bonds is 9. The number of hydrogen-bond donors (Lipinski definition) is 4. The molecule has 0 spiro atoms. The Bertz CT molecular complexity index is 139. The van der Waals surface area contributed by atoms with Gasteiger partial charge in [-0.2, -0.15) is 0 Å². The zero-order chi connectivity index (χ0) is 11.7. The van der Waals surface area contributed by atoms with Gasteiger partial charge in [-0.05, 0) is 52.0 Å². The Balaban J connectivity index is 3.39. The smallest absolute Gasteiger partial charge is 0.00399 e. The van der Waals surface area contributed by atoms with Crippen LogP contribution in [0.25, 0.3) is 0 Å². The van der Waals surface area contributed by atoms with Crippen LogP contribution in [0.2, 0.25) is 0 Å². The summed E-state index contributed by atoms with van der Waals surface area (Å²) >= 11 is 0. The van der Waals surface area contributed by atoms with Gasteiger partial charge in [0.1, 0.15) is 0 Å². The minimum Gasteiger partial charge on any atom is -0.330 e. The highest BCUT2D eigenvalue weighted by Crippen LogP contribution is 2.08. The van der Waals surface area contributed by atoms with Crippen molar-refractivity contribution in [3.05, 3.63) is 0 Å². The van der Waals surface area contributed by atoms with Crippen molar-refractivity contribution in [2.45, 2.75) is 63.6 Å². The number of nitrogens with two attached hydrogens (primary N) is 4. The van der Waals surface area contributed by atoms with Crippen LogP contribution in [0.15, 0.2) is 0 Å². The molecular weight excluding hydrogens is 188 g/mol. The maximum Gasteiger partial charge on any atom is 0.00399 e. The zero-order valence-electron chi connectivity index (χ0n) is 9.99. The van der Waals surface area contributed by atoms with Gasteiger partial charge in [0, 0.05) is 18.1 Å².